The molecule has 2 nitrogen and oxygen atoms in total. The van der Waals surface area contributed by atoms with E-state index in [1.807, 2.05) is 0 Å². The summed E-state index contributed by atoms with van der Waals surface area (Å²) >= 11 is 0. The summed E-state index contributed by atoms with van der Waals surface area (Å²) in [5, 5.41) is 3.56. The maximum absolute atomic E-state index is 5.95. The minimum atomic E-state index is 0.415. The first kappa shape index (κ1) is 8.52. The van der Waals surface area contributed by atoms with Crippen LogP contribution in [-0.2, 0) is 0 Å². The Balaban J connectivity index is 1.94. The van der Waals surface area contributed by atoms with E-state index >= 15 is 0 Å². The highest BCUT2D eigenvalue weighted by Gasteiger charge is 2.38. The molecule has 70 valence electrons. The van der Waals surface area contributed by atoms with Crippen molar-refractivity contribution < 1.29 is 0 Å². The van der Waals surface area contributed by atoms with Gasteiger partial charge in [-0.2, -0.15) is 0 Å². The van der Waals surface area contributed by atoms with Gasteiger partial charge in [-0.1, -0.05) is 6.92 Å². The number of rotatable bonds is 2. The molecule has 1 aliphatic heterocycles. The zero-order valence-electron chi connectivity index (χ0n) is 7.92. The first-order chi connectivity index (χ1) is 5.81. The largest absolute Gasteiger partial charge is 0.327 e. The molecule has 1 saturated carbocycles. The Morgan fingerprint density at radius 1 is 1.42 bits per heavy atom. The Hall–Kier alpha value is -0.0800. The van der Waals surface area contributed by atoms with E-state index in [4.69, 9.17) is 5.73 Å². The van der Waals surface area contributed by atoms with Gasteiger partial charge in [-0.05, 0) is 37.5 Å². The molecule has 2 fully saturated rings. The molecule has 1 heterocycles. The second kappa shape index (κ2) is 3.35. The van der Waals surface area contributed by atoms with Gasteiger partial charge in [-0.25, -0.2) is 0 Å². The molecule has 0 aromatic rings. The Labute approximate surface area is 74.9 Å². The molecule has 2 heteroatoms. The second-order valence-electron chi connectivity index (χ2n) is 4.42. The van der Waals surface area contributed by atoms with E-state index in [1.54, 1.807) is 0 Å². The van der Waals surface area contributed by atoms with Gasteiger partial charge in [0.2, 0.25) is 0 Å². The molecule has 0 bridgehead atoms. The van der Waals surface area contributed by atoms with Crippen LogP contribution in [0.25, 0.3) is 0 Å². The smallest absolute Gasteiger partial charge is 0.0168 e. The summed E-state index contributed by atoms with van der Waals surface area (Å²) in [7, 11) is 0. The van der Waals surface area contributed by atoms with Gasteiger partial charge in [0.25, 0.3) is 0 Å². The minimum absolute atomic E-state index is 0.415. The number of piperidine rings is 1. The zero-order chi connectivity index (χ0) is 8.55. The molecule has 3 atom stereocenters. The van der Waals surface area contributed by atoms with Gasteiger partial charge in [0.1, 0.15) is 0 Å². The lowest BCUT2D eigenvalue weighted by Crippen LogP contribution is -2.51. The van der Waals surface area contributed by atoms with Gasteiger partial charge in [0.15, 0.2) is 0 Å². The molecule has 0 radical (unpaired) electrons. The molecule has 3 N–H and O–H groups in total. The molecule has 0 spiro atoms. The van der Waals surface area contributed by atoms with Crippen LogP contribution >= 0.6 is 0 Å². The lowest BCUT2D eigenvalue weighted by atomic mass is 9.83. The van der Waals surface area contributed by atoms with Crippen molar-refractivity contribution in [1.29, 1.82) is 0 Å². The molecule has 1 saturated heterocycles. The van der Waals surface area contributed by atoms with Gasteiger partial charge in [-0.3, -0.25) is 0 Å². The summed E-state index contributed by atoms with van der Waals surface area (Å²) in [4.78, 5) is 0. The third-order valence-corrected chi connectivity index (χ3v) is 3.40. The van der Waals surface area contributed by atoms with E-state index in [2.05, 4.69) is 12.2 Å². The van der Waals surface area contributed by atoms with Crippen LogP contribution in [0.2, 0.25) is 0 Å². The molecule has 0 aromatic heterocycles. The molecule has 1 aliphatic carbocycles. The van der Waals surface area contributed by atoms with Crippen molar-refractivity contribution in [2.24, 2.45) is 17.6 Å². The van der Waals surface area contributed by atoms with E-state index in [0.717, 1.165) is 24.4 Å². The van der Waals surface area contributed by atoms with Crippen molar-refractivity contribution >= 4 is 0 Å². The van der Waals surface area contributed by atoms with Gasteiger partial charge in [0.05, 0.1) is 0 Å². The Kier molecular flexibility index (Phi) is 2.37. The zero-order valence-corrected chi connectivity index (χ0v) is 7.92. The predicted molar refractivity (Wildman–Crippen MR) is 50.9 cm³/mol. The highest BCUT2D eigenvalue weighted by atomic mass is 15.0. The molecule has 0 amide bonds. The van der Waals surface area contributed by atoms with Crippen molar-refractivity contribution in [3.63, 3.8) is 0 Å². The van der Waals surface area contributed by atoms with E-state index < -0.39 is 0 Å². The summed E-state index contributed by atoms with van der Waals surface area (Å²) < 4.78 is 0. The summed E-state index contributed by atoms with van der Waals surface area (Å²) in [6.07, 6.45) is 5.44. The summed E-state index contributed by atoms with van der Waals surface area (Å²) in [6, 6.07) is 1.18. The average molecular weight is 168 g/mol. The first-order valence-electron chi connectivity index (χ1n) is 5.30. The van der Waals surface area contributed by atoms with Gasteiger partial charge < -0.3 is 11.1 Å². The topological polar surface area (TPSA) is 38.0 Å². The minimum Gasteiger partial charge on any atom is -0.327 e. The maximum atomic E-state index is 5.95. The fourth-order valence-corrected chi connectivity index (χ4v) is 2.54. The van der Waals surface area contributed by atoms with Gasteiger partial charge in [-0.15, -0.1) is 0 Å². The normalized spacial score (nSPS) is 43.0. The Bertz CT molecular complexity index is 154. The molecule has 3 unspecified atom stereocenters. The Morgan fingerprint density at radius 2 is 2.17 bits per heavy atom. The third kappa shape index (κ3) is 1.64. The van der Waals surface area contributed by atoms with Crippen molar-refractivity contribution in [2.75, 3.05) is 6.54 Å². The monoisotopic (exact) mass is 168 g/mol. The number of nitrogens with one attached hydrogen (secondary N) is 1. The van der Waals surface area contributed by atoms with Crippen LogP contribution in [0.5, 0.6) is 0 Å². The summed E-state index contributed by atoms with van der Waals surface area (Å²) in [5.74, 6) is 1.90. The van der Waals surface area contributed by atoms with Crippen LogP contribution in [0, 0.1) is 11.8 Å². The van der Waals surface area contributed by atoms with Crippen molar-refractivity contribution in [2.45, 2.75) is 44.7 Å². The standard InChI is InChI=1S/C10H20N2/c1-2-10-9(7-3-4-7)5-8(11)6-12-10/h7-10,12H,2-6,11H2,1H3. The molecule has 12 heavy (non-hydrogen) atoms. The van der Waals surface area contributed by atoms with Crippen molar-refractivity contribution in [3.05, 3.63) is 0 Å². The van der Waals surface area contributed by atoms with Crippen LogP contribution in [0.1, 0.15) is 32.6 Å². The van der Waals surface area contributed by atoms with Crippen LogP contribution < -0.4 is 11.1 Å². The van der Waals surface area contributed by atoms with E-state index in [-0.39, 0.29) is 0 Å². The summed E-state index contributed by atoms with van der Waals surface area (Å²) in [6.45, 7) is 3.31. The molecular weight excluding hydrogens is 148 g/mol. The number of nitrogens with two attached hydrogens (primary N) is 1. The van der Waals surface area contributed by atoms with Crippen LogP contribution in [-0.4, -0.2) is 18.6 Å². The second-order valence-corrected chi connectivity index (χ2v) is 4.42. The van der Waals surface area contributed by atoms with Crippen LogP contribution in [0.3, 0.4) is 0 Å². The maximum Gasteiger partial charge on any atom is 0.0168 e. The fourth-order valence-electron chi connectivity index (χ4n) is 2.54. The predicted octanol–water partition coefficient (Wildman–Crippen LogP) is 1.11. The van der Waals surface area contributed by atoms with Crippen molar-refractivity contribution in [3.8, 4) is 0 Å². The van der Waals surface area contributed by atoms with Gasteiger partial charge >= 0.3 is 0 Å². The van der Waals surface area contributed by atoms with E-state index in [0.29, 0.717) is 6.04 Å². The van der Waals surface area contributed by atoms with Crippen molar-refractivity contribution in [1.82, 2.24) is 5.32 Å². The quantitative estimate of drug-likeness (QED) is 0.648. The lowest BCUT2D eigenvalue weighted by molar-refractivity contribution is 0.225. The Morgan fingerprint density at radius 3 is 2.75 bits per heavy atom. The third-order valence-electron chi connectivity index (χ3n) is 3.40. The fraction of sp³-hybridized carbons (Fsp3) is 1.00. The molecule has 2 aliphatic rings. The lowest BCUT2D eigenvalue weighted by Gasteiger charge is -2.35. The SMILES string of the molecule is CCC1NCC(N)CC1C1CC1. The van der Waals surface area contributed by atoms with E-state index in [9.17, 15) is 0 Å². The van der Waals surface area contributed by atoms with Crippen LogP contribution in [0.15, 0.2) is 0 Å². The highest BCUT2D eigenvalue weighted by molar-refractivity contribution is 4.94. The number of hydrogen-bond donors (Lipinski definition) is 2. The van der Waals surface area contributed by atoms with Crippen LogP contribution in [0.4, 0.5) is 0 Å². The highest BCUT2D eigenvalue weighted by Crippen LogP contribution is 2.42. The molecule has 2 rings (SSSR count). The van der Waals surface area contributed by atoms with Gasteiger partial charge in [0, 0.05) is 18.6 Å². The molecular formula is C10H20N2. The average Bonchev–Trinajstić information content (AvgIpc) is 2.87. The molecule has 0 aromatic carbocycles. The summed E-state index contributed by atoms with van der Waals surface area (Å²) in [5.41, 5.74) is 5.95. The first-order valence-corrected chi connectivity index (χ1v) is 5.30. The van der Waals surface area contributed by atoms with E-state index in [1.165, 1.54) is 25.7 Å². The number of hydrogen-bond acceptors (Lipinski definition) is 2.